The molecule has 4 aromatic rings. The molecule has 0 aliphatic heterocycles. The number of hydrogen-bond donors (Lipinski definition) is 3. The topological polar surface area (TPSA) is 155 Å². The summed E-state index contributed by atoms with van der Waals surface area (Å²) in [5.74, 6) is -0.217. The van der Waals surface area contributed by atoms with Crippen LogP contribution in [0.15, 0.2) is 45.1 Å². The third-order valence-electron chi connectivity index (χ3n) is 4.24. The molecule has 164 valence electrons. The van der Waals surface area contributed by atoms with Crippen LogP contribution in [0.4, 0.5) is 10.1 Å². The zero-order chi connectivity index (χ0) is 22.5. The van der Waals surface area contributed by atoms with Crippen LogP contribution in [0.1, 0.15) is 28.9 Å². The van der Waals surface area contributed by atoms with Crippen molar-refractivity contribution in [2.75, 3.05) is 5.75 Å². The van der Waals surface area contributed by atoms with Crippen molar-refractivity contribution >= 4 is 51.8 Å². The summed E-state index contributed by atoms with van der Waals surface area (Å²) < 4.78 is 18.1. The first-order valence-corrected chi connectivity index (χ1v) is 10.5. The fourth-order valence-electron chi connectivity index (χ4n) is 2.75. The van der Waals surface area contributed by atoms with Gasteiger partial charge < -0.3 is 0 Å². The van der Waals surface area contributed by atoms with E-state index in [1.54, 1.807) is 6.07 Å². The molecule has 0 fully saturated rings. The van der Waals surface area contributed by atoms with Gasteiger partial charge in [0.05, 0.1) is 16.3 Å². The van der Waals surface area contributed by atoms with Gasteiger partial charge in [0.2, 0.25) is 5.65 Å². The van der Waals surface area contributed by atoms with Crippen molar-refractivity contribution < 1.29 is 19.0 Å². The predicted octanol–water partition coefficient (Wildman–Crippen LogP) is 3.34. The van der Waals surface area contributed by atoms with Gasteiger partial charge in [0.1, 0.15) is 11.3 Å². The highest BCUT2D eigenvalue weighted by Gasteiger charge is 2.18. The summed E-state index contributed by atoms with van der Waals surface area (Å²) in [7, 11) is 0. The molecule has 0 unspecified atom stereocenters. The van der Waals surface area contributed by atoms with E-state index in [0.29, 0.717) is 33.9 Å². The number of Topliss-reactive ketones (excluding diaryl/α,β-unsaturated/α-hetero) is 1. The number of aromatic nitrogens is 6. The van der Waals surface area contributed by atoms with Gasteiger partial charge in [-0.15, -0.1) is 16.9 Å². The van der Waals surface area contributed by atoms with Crippen molar-refractivity contribution in [3.63, 3.8) is 0 Å². The number of fused-ring (bicyclic) bond motifs is 1. The fraction of sp³-hybridized carbons (Fsp3) is 0.167. The number of aromatic amines is 1. The standard InChI is InChI=1S/C18H14ClFN8O3S/c19-11-8-9(3-4-12(11)20)22-17(25-30)15-18(27-31-26-15)32-7-1-2-13(29)10-5-6-21-16-14(10)23-28-24-16/h3-6,8,30H,1-2,7H2,(H,22,25)(H,21,23,24,28). The number of hydroxylamine groups is 1. The Bertz CT molecular complexity index is 1290. The van der Waals surface area contributed by atoms with E-state index >= 15 is 0 Å². The minimum Gasteiger partial charge on any atom is -0.294 e. The number of ketones is 1. The minimum absolute atomic E-state index is 0.0577. The second-order valence-corrected chi connectivity index (χ2v) is 7.81. The Morgan fingerprint density at radius 1 is 1.31 bits per heavy atom. The van der Waals surface area contributed by atoms with Crippen LogP contribution >= 0.6 is 23.4 Å². The Morgan fingerprint density at radius 3 is 3.00 bits per heavy atom. The fourth-order valence-corrected chi connectivity index (χ4v) is 3.77. The summed E-state index contributed by atoms with van der Waals surface area (Å²) in [5.41, 5.74) is 3.65. The molecular weight excluding hydrogens is 463 g/mol. The lowest BCUT2D eigenvalue weighted by Crippen LogP contribution is -2.21. The van der Waals surface area contributed by atoms with Crippen LogP contribution in [0.25, 0.3) is 11.2 Å². The van der Waals surface area contributed by atoms with Gasteiger partial charge in [-0.3, -0.25) is 15.5 Å². The molecule has 3 N–H and O–H groups in total. The van der Waals surface area contributed by atoms with Crippen LogP contribution in [0.5, 0.6) is 0 Å². The molecule has 0 aliphatic carbocycles. The first kappa shape index (κ1) is 21.8. The number of H-pyrrole nitrogens is 1. The number of benzene rings is 1. The highest BCUT2D eigenvalue weighted by Crippen LogP contribution is 2.25. The molecule has 0 saturated heterocycles. The van der Waals surface area contributed by atoms with E-state index in [9.17, 15) is 14.4 Å². The summed E-state index contributed by atoms with van der Waals surface area (Å²) in [5, 5.41) is 27.6. The molecule has 11 nitrogen and oxygen atoms in total. The average Bonchev–Trinajstić information content (AvgIpc) is 3.46. The Labute approximate surface area is 188 Å². The zero-order valence-electron chi connectivity index (χ0n) is 16.1. The summed E-state index contributed by atoms with van der Waals surface area (Å²) in [6.45, 7) is 0. The number of nitrogens with zero attached hydrogens (tertiary/aromatic N) is 6. The van der Waals surface area contributed by atoms with Gasteiger partial charge in [0.15, 0.2) is 22.3 Å². The maximum atomic E-state index is 13.3. The van der Waals surface area contributed by atoms with E-state index in [0.717, 1.165) is 6.07 Å². The summed E-state index contributed by atoms with van der Waals surface area (Å²) in [6.07, 6.45) is 2.31. The SMILES string of the molecule is O=C(CCCSc1nonc1C(=Nc1ccc(F)c(Cl)c1)NO)c1ccnc2n[nH]nc12. The molecule has 0 radical (unpaired) electrons. The number of hydrogen-bond acceptors (Lipinski definition) is 10. The lowest BCUT2D eigenvalue weighted by atomic mass is 10.1. The first-order valence-electron chi connectivity index (χ1n) is 9.15. The van der Waals surface area contributed by atoms with Crippen LogP contribution in [-0.2, 0) is 0 Å². The monoisotopic (exact) mass is 476 g/mol. The number of carbonyl (C=O) groups is 1. The number of halogens is 2. The highest BCUT2D eigenvalue weighted by molar-refractivity contribution is 7.99. The van der Waals surface area contributed by atoms with Crippen LogP contribution in [0.2, 0.25) is 5.02 Å². The predicted molar refractivity (Wildman–Crippen MR) is 113 cm³/mol. The number of rotatable bonds is 8. The quantitative estimate of drug-likeness (QED) is 0.0860. The normalized spacial score (nSPS) is 11.8. The number of pyridine rings is 1. The van der Waals surface area contributed by atoms with E-state index in [2.05, 4.69) is 35.7 Å². The maximum absolute atomic E-state index is 13.3. The van der Waals surface area contributed by atoms with Gasteiger partial charge in [0.25, 0.3) is 0 Å². The zero-order valence-corrected chi connectivity index (χ0v) is 17.7. The maximum Gasteiger partial charge on any atom is 0.202 e. The Morgan fingerprint density at radius 2 is 2.19 bits per heavy atom. The lowest BCUT2D eigenvalue weighted by Gasteiger charge is -2.04. The number of carbonyl (C=O) groups excluding carboxylic acids is 1. The molecule has 14 heteroatoms. The molecule has 0 atom stereocenters. The number of thioether (sulfide) groups is 1. The second kappa shape index (κ2) is 9.80. The van der Waals surface area contributed by atoms with E-state index in [1.165, 1.54) is 30.1 Å². The number of amidine groups is 1. The highest BCUT2D eigenvalue weighted by atomic mass is 35.5. The largest absolute Gasteiger partial charge is 0.294 e. The molecule has 1 aromatic carbocycles. The van der Waals surface area contributed by atoms with Gasteiger partial charge in [0, 0.05) is 18.4 Å². The van der Waals surface area contributed by atoms with Crippen molar-refractivity contribution in [3.05, 3.63) is 52.6 Å². The van der Waals surface area contributed by atoms with Crippen LogP contribution in [0, 0.1) is 5.82 Å². The van der Waals surface area contributed by atoms with Crippen LogP contribution in [0.3, 0.4) is 0 Å². The molecular formula is C18H14ClFN8O3S. The molecule has 0 amide bonds. The summed E-state index contributed by atoms with van der Waals surface area (Å²) >= 11 is 7.03. The van der Waals surface area contributed by atoms with Crippen LogP contribution in [-0.4, -0.2) is 53.3 Å². The van der Waals surface area contributed by atoms with Gasteiger partial charge in [-0.2, -0.15) is 10.3 Å². The molecule has 0 saturated carbocycles. The third-order valence-corrected chi connectivity index (χ3v) is 5.57. The second-order valence-electron chi connectivity index (χ2n) is 6.32. The van der Waals surface area contributed by atoms with E-state index in [1.807, 2.05) is 5.48 Å². The van der Waals surface area contributed by atoms with E-state index < -0.39 is 5.82 Å². The third kappa shape index (κ3) is 4.74. The Kier molecular flexibility index (Phi) is 6.68. The van der Waals surface area contributed by atoms with Gasteiger partial charge in [-0.25, -0.2) is 19.0 Å². The molecule has 0 spiro atoms. The average molecular weight is 477 g/mol. The lowest BCUT2D eigenvalue weighted by molar-refractivity contribution is 0.0983. The van der Waals surface area contributed by atoms with Crippen LogP contribution < -0.4 is 5.48 Å². The minimum atomic E-state index is -0.589. The van der Waals surface area contributed by atoms with Gasteiger partial charge in [-0.1, -0.05) is 11.6 Å². The van der Waals surface area contributed by atoms with Crippen molar-refractivity contribution in [2.24, 2.45) is 4.99 Å². The van der Waals surface area contributed by atoms with Gasteiger partial charge in [-0.05, 0) is 41.0 Å². The molecule has 3 aromatic heterocycles. The van der Waals surface area contributed by atoms with Crippen molar-refractivity contribution in [3.8, 4) is 0 Å². The molecule has 4 rings (SSSR count). The van der Waals surface area contributed by atoms with Crippen molar-refractivity contribution in [2.45, 2.75) is 17.9 Å². The number of nitrogens with one attached hydrogen (secondary N) is 2. The Hall–Kier alpha value is -3.42. The molecule has 0 aliphatic rings. The Balaban J connectivity index is 1.39. The first-order chi connectivity index (χ1) is 15.6. The summed E-state index contributed by atoms with van der Waals surface area (Å²) in [6, 6.07) is 5.44. The molecule has 0 bridgehead atoms. The van der Waals surface area contributed by atoms with E-state index in [4.69, 9.17) is 16.2 Å². The smallest absolute Gasteiger partial charge is 0.202 e. The summed E-state index contributed by atoms with van der Waals surface area (Å²) in [4.78, 5) is 20.7. The van der Waals surface area contributed by atoms with Crippen molar-refractivity contribution in [1.29, 1.82) is 0 Å². The van der Waals surface area contributed by atoms with E-state index in [-0.39, 0.29) is 34.4 Å². The molecule has 32 heavy (non-hydrogen) atoms. The molecule has 3 heterocycles. The van der Waals surface area contributed by atoms with Crippen molar-refractivity contribution in [1.82, 2.24) is 36.2 Å². The van der Waals surface area contributed by atoms with Gasteiger partial charge >= 0.3 is 0 Å². The number of aliphatic imine (C=N–C) groups is 1.